The maximum Gasteiger partial charge on any atom is 0.387 e. The normalized spacial score (nSPS) is 10.8. The van der Waals surface area contributed by atoms with E-state index in [-0.39, 0.29) is 11.3 Å². The summed E-state index contributed by atoms with van der Waals surface area (Å²) < 4.78 is 27.4. The Hall–Kier alpha value is -2.96. The number of hydrazone groups is 1. The largest absolute Gasteiger partial charge is 0.478 e. The molecule has 1 aromatic rings. The van der Waals surface area contributed by atoms with Gasteiger partial charge in [-0.15, -0.1) is 0 Å². The molecule has 7 heteroatoms. The highest BCUT2D eigenvalue weighted by molar-refractivity contribution is 5.88. The smallest absolute Gasteiger partial charge is 0.387 e. The van der Waals surface area contributed by atoms with Crippen LogP contribution in [0.1, 0.15) is 31.1 Å². The number of allylic oxidation sites excluding steroid dienone is 4. The summed E-state index contributed by atoms with van der Waals surface area (Å²) in [6.07, 6.45) is 6.02. The first-order chi connectivity index (χ1) is 12.2. The zero-order valence-electron chi connectivity index (χ0n) is 15.3. The number of alkyl halides is 2. The topological polar surface area (TPSA) is 62.1 Å². The fourth-order valence-electron chi connectivity index (χ4n) is 1.59. The molecule has 26 heavy (non-hydrogen) atoms. The van der Waals surface area contributed by atoms with Gasteiger partial charge in [-0.3, -0.25) is 5.01 Å². The highest BCUT2D eigenvalue weighted by Crippen LogP contribution is 2.14. The van der Waals surface area contributed by atoms with E-state index in [1.807, 2.05) is 13.8 Å². The number of carboxylic acids is 1. The summed E-state index contributed by atoms with van der Waals surface area (Å²) in [5, 5.41) is 14.4. The van der Waals surface area contributed by atoms with Gasteiger partial charge in [0, 0.05) is 13.3 Å². The molecule has 0 saturated heterocycles. The van der Waals surface area contributed by atoms with Crippen LogP contribution < -0.4 is 5.01 Å². The molecule has 5 nitrogen and oxygen atoms in total. The Morgan fingerprint density at radius 1 is 1.35 bits per heavy atom. The minimum absolute atomic E-state index is 0.0752. The van der Waals surface area contributed by atoms with Crippen LogP contribution in [-0.4, -0.2) is 30.9 Å². The molecule has 0 heterocycles. The number of hydrogen-bond donors (Lipinski definition) is 1. The highest BCUT2D eigenvalue weighted by atomic mass is 19.3. The first kappa shape index (κ1) is 23.0. The van der Waals surface area contributed by atoms with E-state index in [1.165, 1.54) is 12.2 Å². The molecule has 0 spiro atoms. The number of hydrogen-bond acceptors (Lipinski definition) is 4. The van der Waals surface area contributed by atoms with Crippen molar-refractivity contribution in [3.05, 3.63) is 66.0 Å². The average molecular weight is 366 g/mol. The van der Waals surface area contributed by atoms with Crippen molar-refractivity contribution in [2.24, 2.45) is 5.10 Å². The zero-order chi connectivity index (χ0) is 20.1. The van der Waals surface area contributed by atoms with Crippen molar-refractivity contribution in [2.45, 2.75) is 27.4 Å². The molecular weight excluding hydrogens is 342 g/mol. The third-order valence-corrected chi connectivity index (χ3v) is 2.76. The summed E-state index contributed by atoms with van der Waals surface area (Å²) in [6.45, 7) is 6.07. The molecule has 0 bridgehead atoms. The number of rotatable bonds is 7. The fraction of sp³-hybridized carbons (Fsp3) is 0.263. The summed E-state index contributed by atoms with van der Waals surface area (Å²) in [4.78, 5) is 10.7. The minimum Gasteiger partial charge on any atom is -0.478 e. The second-order valence-electron chi connectivity index (χ2n) is 5.15. The van der Waals surface area contributed by atoms with Gasteiger partial charge >= 0.3 is 12.6 Å². The Morgan fingerprint density at radius 3 is 2.46 bits per heavy atom. The predicted molar refractivity (Wildman–Crippen MR) is 101 cm³/mol. The van der Waals surface area contributed by atoms with Crippen LogP contribution in [0.5, 0.6) is 0 Å². The number of carboxylic acid groups (broad SMARTS) is 1. The van der Waals surface area contributed by atoms with Gasteiger partial charge in [-0.1, -0.05) is 24.3 Å². The zero-order valence-corrected chi connectivity index (χ0v) is 15.3. The van der Waals surface area contributed by atoms with Gasteiger partial charge in [0.1, 0.15) is 5.76 Å². The van der Waals surface area contributed by atoms with E-state index in [9.17, 15) is 13.6 Å². The first-order valence-corrected chi connectivity index (χ1v) is 7.69. The molecule has 0 unspecified atom stereocenters. The number of aromatic carboxylic acids is 1. The SMILES string of the molecule is C/C=N\N(C)c1cccc(C(=O)O)c1.C=C/C(=C\C=C(C)C)OC(F)F. The van der Waals surface area contributed by atoms with Crippen molar-refractivity contribution in [3.63, 3.8) is 0 Å². The standard InChI is InChI=1S/C10H12N2O2.C9H12F2O/c1-3-11-12(2)9-6-4-5-8(7-9)10(13)14;1-4-8(12-9(10)11)6-5-7(2)3/h3-7H,1-2H3,(H,13,14);4-6,9H,1H2,2-3H3/b11-3-;8-6+. The van der Waals surface area contributed by atoms with E-state index in [0.29, 0.717) is 0 Å². The lowest BCUT2D eigenvalue weighted by Crippen LogP contribution is -2.09. The molecule has 1 aromatic carbocycles. The predicted octanol–water partition coefficient (Wildman–Crippen LogP) is 5.09. The van der Waals surface area contributed by atoms with Gasteiger partial charge in [0.25, 0.3) is 0 Å². The van der Waals surface area contributed by atoms with Crippen LogP contribution >= 0.6 is 0 Å². The molecule has 1 N–H and O–H groups in total. The lowest BCUT2D eigenvalue weighted by molar-refractivity contribution is -0.0919. The summed E-state index contributed by atoms with van der Waals surface area (Å²) in [5.41, 5.74) is 2.02. The van der Waals surface area contributed by atoms with Gasteiger partial charge in [0.05, 0.1) is 11.3 Å². The Morgan fingerprint density at radius 2 is 2.00 bits per heavy atom. The number of benzene rings is 1. The number of ether oxygens (including phenoxy) is 1. The second kappa shape index (κ2) is 12.4. The molecule has 0 aliphatic carbocycles. The van der Waals surface area contributed by atoms with E-state index >= 15 is 0 Å². The van der Waals surface area contributed by atoms with Crippen molar-refractivity contribution >= 4 is 17.9 Å². The maximum atomic E-state index is 11.7. The molecule has 0 aliphatic heterocycles. The minimum atomic E-state index is -2.79. The van der Waals surface area contributed by atoms with Crippen LogP contribution in [0.15, 0.2) is 65.5 Å². The fourth-order valence-corrected chi connectivity index (χ4v) is 1.59. The van der Waals surface area contributed by atoms with Crippen molar-refractivity contribution in [3.8, 4) is 0 Å². The third kappa shape index (κ3) is 10.0. The van der Waals surface area contributed by atoms with Crippen molar-refractivity contribution in [1.82, 2.24) is 0 Å². The Labute approximate surface area is 152 Å². The van der Waals surface area contributed by atoms with Gasteiger partial charge < -0.3 is 9.84 Å². The lowest BCUT2D eigenvalue weighted by atomic mass is 10.2. The van der Waals surface area contributed by atoms with E-state index < -0.39 is 12.6 Å². The molecular formula is C19H24F2N2O3. The van der Waals surface area contributed by atoms with Crippen LogP contribution in [0.4, 0.5) is 14.5 Å². The number of nitrogens with zero attached hydrogens (tertiary/aromatic N) is 2. The van der Waals surface area contributed by atoms with Crippen LogP contribution in [0.3, 0.4) is 0 Å². The van der Waals surface area contributed by atoms with Crippen LogP contribution in [-0.2, 0) is 4.74 Å². The Bertz CT molecular complexity index is 679. The molecule has 1 rings (SSSR count). The summed E-state index contributed by atoms with van der Waals surface area (Å²) in [6, 6.07) is 6.63. The number of carbonyl (C=O) groups is 1. The van der Waals surface area contributed by atoms with Crippen LogP contribution in [0.2, 0.25) is 0 Å². The van der Waals surface area contributed by atoms with E-state index in [1.54, 1.807) is 55.5 Å². The third-order valence-electron chi connectivity index (χ3n) is 2.76. The van der Waals surface area contributed by atoms with Crippen molar-refractivity contribution < 1.29 is 23.4 Å². The van der Waals surface area contributed by atoms with E-state index in [2.05, 4.69) is 16.4 Å². The van der Waals surface area contributed by atoms with Crippen LogP contribution in [0.25, 0.3) is 0 Å². The van der Waals surface area contributed by atoms with Crippen molar-refractivity contribution in [1.29, 1.82) is 0 Å². The molecule has 0 atom stereocenters. The molecule has 0 aromatic heterocycles. The average Bonchev–Trinajstić information content (AvgIpc) is 2.59. The van der Waals surface area contributed by atoms with E-state index in [0.717, 1.165) is 11.3 Å². The highest BCUT2D eigenvalue weighted by Gasteiger charge is 2.04. The van der Waals surface area contributed by atoms with Gasteiger partial charge in [-0.25, -0.2) is 4.79 Å². The Balaban J connectivity index is 0.000000488. The second-order valence-corrected chi connectivity index (χ2v) is 5.15. The molecule has 0 fully saturated rings. The van der Waals surface area contributed by atoms with Gasteiger partial charge in [-0.2, -0.15) is 13.9 Å². The lowest BCUT2D eigenvalue weighted by Gasteiger charge is -2.12. The first-order valence-electron chi connectivity index (χ1n) is 7.69. The quantitative estimate of drug-likeness (QED) is 0.316. The maximum absolute atomic E-state index is 11.7. The molecule has 0 radical (unpaired) electrons. The molecule has 0 aliphatic rings. The van der Waals surface area contributed by atoms with Gasteiger partial charge in [-0.05, 0) is 51.1 Å². The molecule has 0 saturated carbocycles. The van der Waals surface area contributed by atoms with Crippen molar-refractivity contribution in [2.75, 3.05) is 12.1 Å². The van der Waals surface area contributed by atoms with Gasteiger partial charge in [0.2, 0.25) is 0 Å². The Kier molecular flexibility index (Phi) is 11.0. The van der Waals surface area contributed by atoms with E-state index in [4.69, 9.17) is 5.11 Å². The molecule has 0 amide bonds. The summed E-state index contributed by atoms with van der Waals surface area (Å²) in [7, 11) is 1.76. The summed E-state index contributed by atoms with van der Waals surface area (Å²) >= 11 is 0. The van der Waals surface area contributed by atoms with Crippen LogP contribution in [0, 0.1) is 0 Å². The van der Waals surface area contributed by atoms with Gasteiger partial charge in [0.15, 0.2) is 0 Å². The number of halogens is 2. The monoisotopic (exact) mass is 366 g/mol. The number of anilines is 1. The molecule has 142 valence electrons. The summed E-state index contributed by atoms with van der Waals surface area (Å²) in [5.74, 6) is -0.855.